The van der Waals surface area contributed by atoms with Gasteiger partial charge in [0.15, 0.2) is 0 Å². The molecule has 4 atom stereocenters. The SMILES string of the molecule is CCC(C)C(NC(=O)OC(C)(C)C)C(=O)N(C(C)CCC(C)C)C(C(=O)Nc1ccc2ccccc2c1)c1ccc(O)cc1. The Morgan fingerprint density at radius 2 is 1.52 bits per heavy atom. The standard InChI is InChI=1S/C36H49N3O5/c1-9-24(4)31(38-35(43)44-36(6,7)8)34(42)39(25(5)15-14-23(2)3)32(27-17-20-30(40)21-18-27)33(41)37-29-19-16-26-12-10-11-13-28(26)22-29/h10-13,16-25,31-32,40H,9,14-15H2,1-8H3,(H,37,41)(H,38,43). The third-order valence-electron chi connectivity index (χ3n) is 7.79. The molecule has 3 aromatic rings. The Hall–Kier alpha value is -4.07. The molecule has 0 aliphatic rings. The Morgan fingerprint density at radius 3 is 2.11 bits per heavy atom. The van der Waals surface area contributed by atoms with Crippen molar-refractivity contribution in [3.63, 3.8) is 0 Å². The summed E-state index contributed by atoms with van der Waals surface area (Å²) in [5.74, 6) is -0.557. The van der Waals surface area contributed by atoms with Gasteiger partial charge in [-0.2, -0.15) is 0 Å². The summed E-state index contributed by atoms with van der Waals surface area (Å²) in [5.41, 5.74) is 0.405. The van der Waals surface area contributed by atoms with Gasteiger partial charge < -0.3 is 25.4 Å². The fourth-order valence-corrected chi connectivity index (χ4v) is 5.16. The number of benzene rings is 3. The second-order valence-corrected chi connectivity index (χ2v) is 13.1. The number of fused-ring (bicyclic) bond motifs is 1. The molecule has 0 saturated carbocycles. The summed E-state index contributed by atoms with van der Waals surface area (Å²) in [6.45, 7) is 15.3. The molecule has 0 saturated heterocycles. The maximum absolute atomic E-state index is 14.7. The Balaban J connectivity index is 2.10. The minimum absolute atomic E-state index is 0.0530. The van der Waals surface area contributed by atoms with Crippen LogP contribution in [0.3, 0.4) is 0 Å². The highest BCUT2D eigenvalue weighted by Gasteiger charge is 2.40. The quantitative estimate of drug-likeness (QED) is 0.196. The molecule has 4 unspecified atom stereocenters. The van der Waals surface area contributed by atoms with Gasteiger partial charge in [-0.05, 0) is 93.0 Å². The summed E-state index contributed by atoms with van der Waals surface area (Å²) in [6, 6.07) is 17.6. The molecule has 0 heterocycles. The van der Waals surface area contributed by atoms with Gasteiger partial charge in [0.2, 0.25) is 5.91 Å². The van der Waals surface area contributed by atoms with Gasteiger partial charge in [-0.25, -0.2) is 4.79 Å². The molecule has 8 nitrogen and oxygen atoms in total. The molecular formula is C36H49N3O5. The van der Waals surface area contributed by atoms with Crippen LogP contribution in [0.5, 0.6) is 5.75 Å². The zero-order valence-electron chi connectivity index (χ0n) is 27.4. The largest absolute Gasteiger partial charge is 0.508 e. The van der Waals surface area contributed by atoms with Crippen molar-refractivity contribution in [2.75, 3.05) is 5.32 Å². The van der Waals surface area contributed by atoms with E-state index in [-0.39, 0.29) is 23.6 Å². The van der Waals surface area contributed by atoms with E-state index in [4.69, 9.17) is 4.74 Å². The van der Waals surface area contributed by atoms with Crippen LogP contribution in [-0.2, 0) is 14.3 Å². The van der Waals surface area contributed by atoms with Crippen molar-refractivity contribution in [1.29, 1.82) is 0 Å². The van der Waals surface area contributed by atoms with E-state index in [1.54, 1.807) is 37.8 Å². The molecule has 8 heteroatoms. The first kappa shape index (κ1) is 34.4. The minimum atomic E-state index is -1.04. The number of hydrogen-bond acceptors (Lipinski definition) is 5. The number of aromatic hydroxyl groups is 1. The van der Waals surface area contributed by atoms with E-state index in [2.05, 4.69) is 24.5 Å². The van der Waals surface area contributed by atoms with Crippen LogP contribution in [0.25, 0.3) is 10.8 Å². The third-order valence-corrected chi connectivity index (χ3v) is 7.79. The smallest absolute Gasteiger partial charge is 0.408 e. The second-order valence-electron chi connectivity index (χ2n) is 13.1. The van der Waals surface area contributed by atoms with Gasteiger partial charge in [0, 0.05) is 11.7 Å². The van der Waals surface area contributed by atoms with Gasteiger partial charge in [-0.3, -0.25) is 9.59 Å². The van der Waals surface area contributed by atoms with E-state index in [1.807, 2.05) is 63.2 Å². The molecule has 0 bridgehead atoms. The van der Waals surface area contributed by atoms with Crippen molar-refractivity contribution in [1.82, 2.24) is 10.2 Å². The Kier molecular flexibility index (Phi) is 11.8. The molecule has 3 amide bonds. The molecule has 0 aliphatic heterocycles. The summed E-state index contributed by atoms with van der Waals surface area (Å²) < 4.78 is 5.52. The van der Waals surface area contributed by atoms with Gasteiger partial charge in [0.1, 0.15) is 23.4 Å². The molecule has 0 fully saturated rings. The lowest BCUT2D eigenvalue weighted by molar-refractivity contribution is -0.144. The number of phenolic OH excluding ortho intramolecular Hbond substituents is 1. The van der Waals surface area contributed by atoms with Crippen LogP contribution in [0.1, 0.15) is 86.3 Å². The zero-order valence-corrected chi connectivity index (χ0v) is 27.4. The van der Waals surface area contributed by atoms with E-state index in [1.165, 1.54) is 12.1 Å². The molecular weight excluding hydrogens is 554 g/mol. The van der Waals surface area contributed by atoms with E-state index in [0.29, 0.717) is 30.0 Å². The highest BCUT2D eigenvalue weighted by Crippen LogP contribution is 2.31. The predicted molar refractivity (Wildman–Crippen MR) is 176 cm³/mol. The fourth-order valence-electron chi connectivity index (χ4n) is 5.16. The van der Waals surface area contributed by atoms with Crippen LogP contribution < -0.4 is 10.6 Å². The number of rotatable bonds is 12. The maximum atomic E-state index is 14.7. The van der Waals surface area contributed by atoms with Gasteiger partial charge >= 0.3 is 6.09 Å². The predicted octanol–water partition coefficient (Wildman–Crippen LogP) is 7.82. The van der Waals surface area contributed by atoms with Gasteiger partial charge in [-0.15, -0.1) is 0 Å². The number of ether oxygens (including phenoxy) is 1. The molecule has 3 N–H and O–H groups in total. The summed E-state index contributed by atoms with van der Waals surface area (Å²) in [7, 11) is 0. The normalized spacial score (nSPS) is 14.4. The highest BCUT2D eigenvalue weighted by molar-refractivity contribution is 6.00. The van der Waals surface area contributed by atoms with Crippen molar-refractivity contribution < 1.29 is 24.2 Å². The summed E-state index contributed by atoms with van der Waals surface area (Å²) in [5, 5.41) is 18.0. The van der Waals surface area contributed by atoms with Crippen LogP contribution in [0, 0.1) is 11.8 Å². The second kappa shape index (κ2) is 15.1. The van der Waals surface area contributed by atoms with Gasteiger partial charge in [0.05, 0.1) is 0 Å². The zero-order chi connectivity index (χ0) is 32.6. The number of amides is 3. The highest BCUT2D eigenvalue weighted by atomic mass is 16.6. The van der Waals surface area contributed by atoms with E-state index >= 15 is 0 Å². The minimum Gasteiger partial charge on any atom is -0.508 e. The van der Waals surface area contributed by atoms with Crippen LogP contribution >= 0.6 is 0 Å². The molecule has 0 spiro atoms. The molecule has 0 aliphatic carbocycles. The van der Waals surface area contributed by atoms with Crippen molar-refractivity contribution in [2.45, 2.75) is 98.4 Å². The molecule has 3 rings (SSSR count). The Morgan fingerprint density at radius 1 is 0.886 bits per heavy atom. The lowest BCUT2D eigenvalue weighted by atomic mass is 9.93. The Labute approximate surface area is 262 Å². The van der Waals surface area contributed by atoms with Crippen LogP contribution in [0.15, 0.2) is 66.7 Å². The summed E-state index contributed by atoms with van der Waals surface area (Å²) >= 11 is 0. The molecule has 3 aromatic carbocycles. The van der Waals surface area contributed by atoms with E-state index < -0.39 is 29.7 Å². The van der Waals surface area contributed by atoms with Crippen molar-refractivity contribution >= 4 is 34.4 Å². The monoisotopic (exact) mass is 603 g/mol. The molecule has 0 radical (unpaired) electrons. The first-order valence-electron chi connectivity index (χ1n) is 15.6. The van der Waals surface area contributed by atoms with Gasteiger partial charge in [-0.1, -0.05) is 76.6 Å². The molecule has 44 heavy (non-hydrogen) atoms. The van der Waals surface area contributed by atoms with Crippen LogP contribution in [-0.4, -0.2) is 45.6 Å². The first-order chi connectivity index (χ1) is 20.7. The number of carbonyl (C=O) groups excluding carboxylic acids is 3. The topological polar surface area (TPSA) is 108 Å². The number of alkyl carbamates (subject to hydrolysis) is 1. The van der Waals surface area contributed by atoms with Crippen molar-refractivity contribution in [3.8, 4) is 5.75 Å². The number of nitrogens with one attached hydrogen (secondary N) is 2. The lowest BCUT2D eigenvalue weighted by Crippen LogP contribution is -2.57. The first-order valence-corrected chi connectivity index (χ1v) is 15.6. The van der Waals surface area contributed by atoms with Crippen molar-refractivity contribution in [3.05, 3.63) is 72.3 Å². The van der Waals surface area contributed by atoms with Gasteiger partial charge in [0.25, 0.3) is 5.91 Å². The average Bonchev–Trinajstić information content (AvgIpc) is 2.96. The summed E-state index contributed by atoms with van der Waals surface area (Å²) in [4.78, 5) is 43.5. The number of hydrogen-bond donors (Lipinski definition) is 3. The Bertz CT molecular complexity index is 1410. The third kappa shape index (κ3) is 9.46. The summed E-state index contributed by atoms with van der Waals surface area (Å²) in [6.07, 6.45) is 1.43. The number of nitrogens with zero attached hydrogens (tertiary/aromatic N) is 1. The maximum Gasteiger partial charge on any atom is 0.408 e. The molecule has 0 aromatic heterocycles. The van der Waals surface area contributed by atoms with Crippen LogP contribution in [0.4, 0.5) is 10.5 Å². The number of phenols is 1. The molecule has 238 valence electrons. The fraction of sp³-hybridized carbons (Fsp3) is 0.472. The number of carbonyl (C=O) groups is 3. The number of anilines is 1. The van der Waals surface area contributed by atoms with E-state index in [9.17, 15) is 19.5 Å². The average molecular weight is 604 g/mol. The van der Waals surface area contributed by atoms with E-state index in [0.717, 1.165) is 17.2 Å². The van der Waals surface area contributed by atoms with Crippen molar-refractivity contribution in [2.24, 2.45) is 11.8 Å². The van der Waals surface area contributed by atoms with Crippen LogP contribution in [0.2, 0.25) is 0 Å². The lowest BCUT2D eigenvalue weighted by Gasteiger charge is -2.40.